The number of ether oxygens (including phenoxy) is 2. The third-order valence-electron chi connectivity index (χ3n) is 6.44. The van der Waals surface area contributed by atoms with E-state index in [-0.39, 0.29) is 11.3 Å². The quantitative estimate of drug-likeness (QED) is 0.289. The summed E-state index contributed by atoms with van der Waals surface area (Å²) in [7, 11) is 1.55. The van der Waals surface area contributed by atoms with Crippen molar-refractivity contribution >= 4 is 17.4 Å². The first-order valence-electron chi connectivity index (χ1n) is 12.2. The van der Waals surface area contributed by atoms with Crippen molar-refractivity contribution in [1.82, 2.24) is 9.80 Å². The Balaban J connectivity index is 2.08. The Morgan fingerprint density at radius 1 is 1.03 bits per heavy atom. The third-order valence-corrected chi connectivity index (χ3v) is 6.44. The molecule has 0 aromatic heterocycles. The van der Waals surface area contributed by atoms with Crippen LogP contribution in [0.1, 0.15) is 49.9 Å². The van der Waals surface area contributed by atoms with E-state index >= 15 is 0 Å². The number of ketones is 1. The Hall–Kier alpha value is -3.32. The number of carbonyl (C=O) groups is 2. The number of benzene rings is 2. The predicted molar refractivity (Wildman–Crippen MR) is 137 cm³/mol. The summed E-state index contributed by atoms with van der Waals surface area (Å²) in [6.45, 7) is 11.6. The topological polar surface area (TPSA) is 79.3 Å². The van der Waals surface area contributed by atoms with Crippen molar-refractivity contribution in [1.29, 1.82) is 0 Å². The van der Waals surface area contributed by atoms with Crippen LogP contribution in [0.4, 0.5) is 0 Å². The molecule has 2 aromatic carbocycles. The van der Waals surface area contributed by atoms with E-state index in [9.17, 15) is 14.7 Å². The average Bonchev–Trinajstić information content (AvgIpc) is 3.12. The Labute approximate surface area is 207 Å². The van der Waals surface area contributed by atoms with Crippen LogP contribution in [0.2, 0.25) is 0 Å². The van der Waals surface area contributed by atoms with Crippen LogP contribution < -0.4 is 9.47 Å². The van der Waals surface area contributed by atoms with Gasteiger partial charge >= 0.3 is 0 Å². The van der Waals surface area contributed by atoms with Gasteiger partial charge in [0.25, 0.3) is 11.7 Å². The van der Waals surface area contributed by atoms with E-state index < -0.39 is 17.7 Å². The molecule has 1 aliphatic heterocycles. The summed E-state index contributed by atoms with van der Waals surface area (Å²) in [5, 5.41) is 11.2. The standard InChI is InChI=1S/C28H36N2O5/c1-6-29(7-2)16-9-17-30-25(21-14-15-22(35-8-3)23(18-21)34-5)24(27(32)28(30)33)26(31)20-12-10-19(4)11-13-20/h10-15,18,25,31H,6-9,16-17H2,1-5H3. The van der Waals surface area contributed by atoms with Gasteiger partial charge in [0.05, 0.1) is 25.3 Å². The van der Waals surface area contributed by atoms with Gasteiger partial charge in [-0.1, -0.05) is 49.7 Å². The van der Waals surface area contributed by atoms with Crippen LogP contribution >= 0.6 is 0 Å². The molecule has 2 aromatic rings. The summed E-state index contributed by atoms with van der Waals surface area (Å²) in [6.07, 6.45) is 0.712. The maximum atomic E-state index is 13.2. The smallest absolute Gasteiger partial charge is 0.295 e. The van der Waals surface area contributed by atoms with E-state index in [0.29, 0.717) is 42.2 Å². The van der Waals surface area contributed by atoms with E-state index in [1.165, 1.54) is 0 Å². The molecule has 0 saturated carbocycles. The molecule has 1 saturated heterocycles. The van der Waals surface area contributed by atoms with Crippen LogP contribution in [0.5, 0.6) is 11.5 Å². The molecule has 1 heterocycles. The van der Waals surface area contributed by atoms with Crippen molar-refractivity contribution in [2.24, 2.45) is 0 Å². The fourth-order valence-corrected chi connectivity index (χ4v) is 4.46. The second kappa shape index (κ2) is 11.9. The molecule has 0 bridgehead atoms. The zero-order valence-electron chi connectivity index (χ0n) is 21.3. The van der Waals surface area contributed by atoms with Crippen LogP contribution in [0.15, 0.2) is 48.0 Å². The molecule has 1 unspecified atom stereocenters. The van der Waals surface area contributed by atoms with Crippen molar-refractivity contribution in [3.05, 3.63) is 64.7 Å². The van der Waals surface area contributed by atoms with E-state index in [2.05, 4.69) is 18.7 Å². The number of nitrogens with zero attached hydrogens (tertiary/aromatic N) is 2. The largest absolute Gasteiger partial charge is 0.507 e. The van der Waals surface area contributed by atoms with E-state index in [4.69, 9.17) is 9.47 Å². The molecule has 0 aliphatic carbocycles. The SMILES string of the molecule is CCOc1ccc(C2C(=C(O)c3ccc(C)cc3)C(=O)C(=O)N2CCCN(CC)CC)cc1OC. The van der Waals surface area contributed by atoms with Crippen molar-refractivity contribution < 1.29 is 24.2 Å². The van der Waals surface area contributed by atoms with Crippen LogP contribution in [-0.2, 0) is 9.59 Å². The number of amides is 1. The number of aryl methyl sites for hydroxylation is 1. The molecule has 7 nitrogen and oxygen atoms in total. The number of carbonyl (C=O) groups excluding carboxylic acids is 2. The number of likely N-dealkylation sites (tertiary alicyclic amines) is 1. The monoisotopic (exact) mass is 480 g/mol. The zero-order chi connectivity index (χ0) is 25.5. The number of aliphatic hydroxyl groups excluding tert-OH is 1. The van der Waals surface area contributed by atoms with Gasteiger partial charge in [0, 0.05) is 12.1 Å². The lowest BCUT2D eigenvalue weighted by atomic mass is 9.94. The van der Waals surface area contributed by atoms with Gasteiger partial charge in [-0.3, -0.25) is 9.59 Å². The average molecular weight is 481 g/mol. The number of rotatable bonds is 11. The second-order valence-electron chi connectivity index (χ2n) is 8.58. The molecule has 1 aliphatic rings. The van der Waals surface area contributed by atoms with Gasteiger partial charge in [-0.25, -0.2) is 0 Å². The van der Waals surface area contributed by atoms with Crippen LogP contribution in [0.25, 0.3) is 5.76 Å². The minimum atomic E-state index is -0.724. The summed E-state index contributed by atoms with van der Waals surface area (Å²) in [4.78, 5) is 30.3. The minimum Gasteiger partial charge on any atom is -0.507 e. The van der Waals surface area contributed by atoms with Crippen molar-refractivity contribution in [3.8, 4) is 11.5 Å². The Kier molecular flexibility index (Phi) is 8.93. The Bertz CT molecular complexity index is 1070. The molecule has 1 amide bonds. The molecule has 0 spiro atoms. The summed E-state index contributed by atoms with van der Waals surface area (Å²) < 4.78 is 11.2. The van der Waals surface area contributed by atoms with Crippen molar-refractivity contribution in [2.75, 3.05) is 39.9 Å². The van der Waals surface area contributed by atoms with Gasteiger partial charge in [0.15, 0.2) is 11.5 Å². The van der Waals surface area contributed by atoms with Gasteiger partial charge in [-0.15, -0.1) is 0 Å². The molecular formula is C28H36N2O5. The number of Topliss-reactive ketones (excluding diaryl/α,β-unsaturated/α-hetero) is 1. The van der Waals surface area contributed by atoms with Gasteiger partial charge in [-0.2, -0.15) is 0 Å². The summed E-state index contributed by atoms with van der Waals surface area (Å²) in [6, 6.07) is 11.9. The lowest BCUT2D eigenvalue weighted by Crippen LogP contribution is -2.33. The highest BCUT2D eigenvalue weighted by Crippen LogP contribution is 2.42. The first-order chi connectivity index (χ1) is 16.9. The first kappa shape index (κ1) is 26.3. The van der Waals surface area contributed by atoms with E-state index in [1.807, 2.05) is 32.0 Å². The summed E-state index contributed by atoms with van der Waals surface area (Å²) in [5.74, 6) is -0.364. The highest BCUT2D eigenvalue weighted by atomic mass is 16.5. The molecule has 188 valence electrons. The molecule has 7 heteroatoms. The van der Waals surface area contributed by atoms with Gasteiger partial charge in [-0.05, 0) is 57.6 Å². The van der Waals surface area contributed by atoms with Crippen molar-refractivity contribution in [2.45, 2.75) is 40.2 Å². The maximum Gasteiger partial charge on any atom is 0.295 e. The molecule has 3 rings (SSSR count). The molecule has 1 N–H and O–H groups in total. The molecular weight excluding hydrogens is 444 g/mol. The summed E-state index contributed by atoms with van der Waals surface area (Å²) in [5.41, 5.74) is 2.31. The zero-order valence-corrected chi connectivity index (χ0v) is 21.3. The number of aliphatic hydroxyl groups is 1. The second-order valence-corrected chi connectivity index (χ2v) is 8.58. The minimum absolute atomic E-state index is 0.0907. The highest BCUT2D eigenvalue weighted by Gasteiger charge is 2.46. The van der Waals surface area contributed by atoms with Crippen LogP contribution in [-0.4, -0.2) is 66.5 Å². The summed E-state index contributed by atoms with van der Waals surface area (Å²) >= 11 is 0. The Morgan fingerprint density at radius 2 is 1.71 bits per heavy atom. The number of hydrogen-bond donors (Lipinski definition) is 1. The van der Waals surface area contributed by atoms with Crippen LogP contribution in [0.3, 0.4) is 0 Å². The number of methoxy groups -OCH3 is 1. The first-order valence-corrected chi connectivity index (χ1v) is 12.2. The third kappa shape index (κ3) is 5.68. The maximum absolute atomic E-state index is 13.2. The Morgan fingerprint density at radius 3 is 2.31 bits per heavy atom. The molecule has 35 heavy (non-hydrogen) atoms. The van der Waals surface area contributed by atoms with E-state index in [1.54, 1.807) is 36.3 Å². The molecule has 0 radical (unpaired) electrons. The van der Waals surface area contributed by atoms with E-state index in [0.717, 1.165) is 25.2 Å². The normalized spacial score (nSPS) is 17.3. The number of hydrogen-bond acceptors (Lipinski definition) is 6. The fourth-order valence-electron chi connectivity index (χ4n) is 4.46. The molecule has 1 atom stereocenters. The van der Waals surface area contributed by atoms with Gasteiger partial charge < -0.3 is 24.4 Å². The fraction of sp³-hybridized carbons (Fsp3) is 0.429. The van der Waals surface area contributed by atoms with Gasteiger partial charge in [0.1, 0.15) is 5.76 Å². The highest BCUT2D eigenvalue weighted by molar-refractivity contribution is 6.46. The predicted octanol–water partition coefficient (Wildman–Crippen LogP) is 4.56. The van der Waals surface area contributed by atoms with Crippen molar-refractivity contribution in [3.63, 3.8) is 0 Å². The lowest BCUT2D eigenvalue weighted by Gasteiger charge is -2.27. The molecule has 1 fully saturated rings. The van der Waals surface area contributed by atoms with Gasteiger partial charge in [0.2, 0.25) is 0 Å². The van der Waals surface area contributed by atoms with Crippen LogP contribution in [0, 0.1) is 6.92 Å². The lowest BCUT2D eigenvalue weighted by molar-refractivity contribution is -0.140.